The van der Waals surface area contributed by atoms with E-state index in [4.69, 9.17) is 21.1 Å². The molecule has 242 valence electrons. The number of nitrogens with zero attached hydrogens (tertiary/aromatic N) is 2. The number of cyclic esters (lactones) is 1. The number of benzene rings is 2. The summed E-state index contributed by atoms with van der Waals surface area (Å²) in [7, 11) is 0. The van der Waals surface area contributed by atoms with Crippen LogP contribution in [0, 0.1) is 18.8 Å². The van der Waals surface area contributed by atoms with Crippen LogP contribution in [0.4, 0.5) is 5.69 Å². The zero-order valence-corrected chi connectivity index (χ0v) is 26.4. The average Bonchev–Trinajstić information content (AvgIpc) is 3.42. The van der Waals surface area contributed by atoms with E-state index in [1.807, 2.05) is 49.4 Å². The molecule has 0 unspecified atom stereocenters. The molecular formula is C35H38ClN3O7. The number of para-hydroxylation sites is 1. The maximum atomic E-state index is 14.7. The minimum atomic E-state index is -1.47. The van der Waals surface area contributed by atoms with Crippen molar-refractivity contribution < 1.29 is 33.8 Å². The quantitative estimate of drug-likeness (QED) is 0.279. The van der Waals surface area contributed by atoms with Crippen molar-refractivity contribution in [2.45, 2.75) is 56.5 Å². The van der Waals surface area contributed by atoms with Crippen molar-refractivity contribution in [1.29, 1.82) is 0 Å². The topological polar surface area (TPSA) is 125 Å². The lowest BCUT2D eigenvalue weighted by Gasteiger charge is -2.36. The van der Waals surface area contributed by atoms with Crippen LogP contribution in [0.2, 0.25) is 5.02 Å². The number of carbonyl (C=O) groups excluding carboxylic acids is 4. The van der Waals surface area contributed by atoms with Gasteiger partial charge in [-0.05, 0) is 43.4 Å². The fourth-order valence-electron chi connectivity index (χ4n) is 7.21. The second-order valence-electron chi connectivity index (χ2n) is 12.2. The van der Waals surface area contributed by atoms with Crippen molar-refractivity contribution in [1.82, 2.24) is 10.2 Å². The predicted octanol–water partition coefficient (Wildman–Crippen LogP) is 3.66. The fourth-order valence-corrected chi connectivity index (χ4v) is 7.53. The Morgan fingerprint density at radius 2 is 1.83 bits per heavy atom. The maximum Gasteiger partial charge on any atom is 0.313 e. The molecule has 2 aromatic carbocycles. The van der Waals surface area contributed by atoms with Crippen molar-refractivity contribution in [3.63, 3.8) is 0 Å². The number of allylic oxidation sites excluding steroid dienone is 1. The summed E-state index contributed by atoms with van der Waals surface area (Å²) >= 11 is 6.63. The summed E-state index contributed by atoms with van der Waals surface area (Å²) in [5, 5.41) is 12.8. The summed E-state index contributed by atoms with van der Waals surface area (Å²) in [5.41, 5.74) is 0.583. The first-order valence-corrected chi connectivity index (χ1v) is 16.2. The van der Waals surface area contributed by atoms with Gasteiger partial charge in [0.2, 0.25) is 11.8 Å². The molecule has 10 nitrogen and oxygen atoms in total. The second-order valence-corrected chi connectivity index (χ2v) is 12.6. The number of aliphatic hydroxyl groups is 1. The molecule has 4 heterocycles. The fraction of sp³-hybridized carbons (Fsp3) is 0.429. The lowest BCUT2D eigenvalue weighted by Crippen LogP contribution is -2.55. The molecule has 0 aliphatic carbocycles. The third-order valence-corrected chi connectivity index (χ3v) is 9.61. The molecule has 6 atom stereocenters. The van der Waals surface area contributed by atoms with E-state index in [0.29, 0.717) is 35.5 Å². The van der Waals surface area contributed by atoms with Crippen LogP contribution >= 0.6 is 11.6 Å². The van der Waals surface area contributed by atoms with Gasteiger partial charge in [-0.3, -0.25) is 19.2 Å². The molecule has 6 rings (SSSR count). The first-order valence-electron chi connectivity index (χ1n) is 15.8. The number of likely N-dealkylation sites (tertiary alicyclic amines) is 1. The van der Waals surface area contributed by atoms with Crippen LogP contribution in [0.25, 0.3) is 0 Å². The van der Waals surface area contributed by atoms with Gasteiger partial charge in [-0.25, -0.2) is 0 Å². The Balaban J connectivity index is 1.43. The van der Waals surface area contributed by atoms with Gasteiger partial charge in [0.05, 0.1) is 29.3 Å². The van der Waals surface area contributed by atoms with Crippen LogP contribution in [-0.4, -0.2) is 77.7 Å². The molecule has 2 aromatic rings. The Kier molecular flexibility index (Phi) is 9.31. The smallest absolute Gasteiger partial charge is 0.313 e. The van der Waals surface area contributed by atoms with E-state index in [1.165, 1.54) is 4.90 Å². The van der Waals surface area contributed by atoms with Gasteiger partial charge in [-0.15, -0.1) is 0 Å². The van der Waals surface area contributed by atoms with Crippen LogP contribution in [-0.2, 0) is 28.7 Å². The highest BCUT2D eigenvalue weighted by Gasteiger charge is 2.71. The lowest BCUT2D eigenvalue weighted by molar-refractivity contribution is -0.159. The largest absolute Gasteiger partial charge is 0.455 e. The predicted molar refractivity (Wildman–Crippen MR) is 171 cm³/mol. The number of halogens is 1. The highest BCUT2D eigenvalue weighted by Crippen LogP contribution is 2.53. The Morgan fingerprint density at radius 1 is 1.02 bits per heavy atom. The number of rotatable bonds is 6. The molecule has 4 aliphatic rings. The summed E-state index contributed by atoms with van der Waals surface area (Å²) in [5.74, 6) is -3.67. The number of amides is 3. The Morgan fingerprint density at radius 3 is 2.59 bits per heavy atom. The number of aryl methyl sites for hydroxylation is 1. The number of fused-ring (bicyclic) bond motifs is 2. The zero-order valence-electron chi connectivity index (χ0n) is 25.6. The summed E-state index contributed by atoms with van der Waals surface area (Å²) in [6.07, 6.45) is 6.90. The van der Waals surface area contributed by atoms with Gasteiger partial charge in [-0.1, -0.05) is 78.4 Å². The monoisotopic (exact) mass is 647 g/mol. The van der Waals surface area contributed by atoms with Gasteiger partial charge >= 0.3 is 5.97 Å². The first kappa shape index (κ1) is 32.0. The third-order valence-electron chi connectivity index (χ3n) is 9.31. The van der Waals surface area contributed by atoms with Crippen LogP contribution in [0.1, 0.15) is 42.9 Å². The highest BCUT2D eigenvalue weighted by molar-refractivity contribution is 6.34. The zero-order chi connectivity index (χ0) is 32.4. The number of unbranched alkanes of at least 4 members (excludes halogenated alkanes) is 1. The average molecular weight is 648 g/mol. The molecule has 11 heteroatoms. The van der Waals surface area contributed by atoms with Crippen LogP contribution < -0.4 is 10.2 Å². The van der Waals surface area contributed by atoms with Crippen LogP contribution in [0.15, 0.2) is 72.8 Å². The van der Waals surface area contributed by atoms with Crippen LogP contribution in [0.3, 0.4) is 0 Å². The minimum Gasteiger partial charge on any atom is -0.455 e. The number of ether oxygens (including phenoxy) is 2. The Hall–Kier alpha value is -3.99. The molecule has 4 aliphatic heterocycles. The Labute approximate surface area is 273 Å². The van der Waals surface area contributed by atoms with Crippen molar-refractivity contribution in [2.24, 2.45) is 11.8 Å². The third kappa shape index (κ3) is 5.74. The number of carbonyl (C=O) groups is 4. The normalized spacial score (nSPS) is 30.4. The van der Waals surface area contributed by atoms with Gasteiger partial charge in [0.25, 0.3) is 5.91 Å². The molecule has 0 bridgehead atoms. The van der Waals surface area contributed by atoms with E-state index < -0.39 is 41.7 Å². The van der Waals surface area contributed by atoms with Gasteiger partial charge < -0.3 is 29.7 Å². The van der Waals surface area contributed by atoms with Crippen molar-refractivity contribution in [3.8, 4) is 0 Å². The summed E-state index contributed by atoms with van der Waals surface area (Å²) in [4.78, 5) is 59.1. The number of nitrogens with one attached hydrogen (secondary N) is 1. The second kappa shape index (κ2) is 13.4. The van der Waals surface area contributed by atoms with Crippen molar-refractivity contribution in [3.05, 3.63) is 89.0 Å². The van der Waals surface area contributed by atoms with E-state index in [0.717, 1.165) is 5.56 Å². The van der Waals surface area contributed by atoms with Crippen molar-refractivity contribution >= 4 is 41.0 Å². The number of aliphatic hydroxyl groups excluding tert-OH is 1. The molecule has 46 heavy (non-hydrogen) atoms. The van der Waals surface area contributed by atoms with Gasteiger partial charge in [0, 0.05) is 26.1 Å². The molecule has 2 N–H and O–H groups in total. The molecule has 2 fully saturated rings. The molecule has 0 saturated carbocycles. The standard InChI is InChI=1S/C35H38ClN3O7/c1-22-11-9-14-24(36)30(22)38-19-10-17-35-29(32(42)39(18-7-8-20-40)31(35)33(38)43)28-25(46-35)15-5-6-16-27(41)37-21-26(45-34(28)44)23-12-3-2-4-13-23/h2-5,9-15,17,25-26,28-29,31,40H,6-8,16,18-21H2,1H3,(H,37,41)/b15-5-/t25-,26+,28+,29+,31-,35+/m1/s1. The molecule has 0 aromatic heterocycles. The Bertz CT molecular complexity index is 1540. The van der Waals surface area contributed by atoms with E-state index in [9.17, 15) is 24.3 Å². The molecule has 2 saturated heterocycles. The summed E-state index contributed by atoms with van der Waals surface area (Å²) in [6.45, 7) is 2.27. The first-order chi connectivity index (χ1) is 22.3. The summed E-state index contributed by atoms with van der Waals surface area (Å²) in [6, 6.07) is 13.4. The van der Waals surface area contributed by atoms with E-state index in [1.54, 1.807) is 35.3 Å². The maximum absolute atomic E-state index is 14.7. The van der Waals surface area contributed by atoms with Crippen molar-refractivity contribution in [2.75, 3.05) is 31.1 Å². The molecule has 1 spiro atoms. The van der Waals surface area contributed by atoms with Gasteiger partial charge in [-0.2, -0.15) is 0 Å². The molecular weight excluding hydrogens is 610 g/mol. The molecule has 0 radical (unpaired) electrons. The molecule has 3 amide bonds. The van der Waals surface area contributed by atoms with E-state index in [2.05, 4.69) is 5.32 Å². The number of hydrogen-bond donors (Lipinski definition) is 2. The van der Waals surface area contributed by atoms with E-state index in [-0.39, 0.29) is 50.4 Å². The van der Waals surface area contributed by atoms with Gasteiger partial charge in [0.15, 0.2) is 0 Å². The number of anilines is 1. The van der Waals surface area contributed by atoms with Gasteiger partial charge in [0.1, 0.15) is 23.7 Å². The van der Waals surface area contributed by atoms with Crippen LogP contribution in [0.5, 0.6) is 0 Å². The minimum absolute atomic E-state index is 0.0597. The highest BCUT2D eigenvalue weighted by atomic mass is 35.5. The SMILES string of the molecule is Cc1cccc(Cl)c1N1CC=C[C@]23O[C@@H]4/C=C\CCC(=O)NC[C@@H](c5ccccc5)OC(=O)[C@@H]4[C@H]2C(=O)N(CCCCO)[C@@H]3C1=O. The number of hydrogen-bond acceptors (Lipinski definition) is 7. The summed E-state index contributed by atoms with van der Waals surface area (Å²) < 4.78 is 12.9. The van der Waals surface area contributed by atoms with E-state index >= 15 is 0 Å². The lowest BCUT2D eigenvalue weighted by atomic mass is 9.78. The number of esters is 1.